The maximum Gasteiger partial charge on any atom is 0.231 e. The van der Waals surface area contributed by atoms with Crippen molar-refractivity contribution in [2.24, 2.45) is 11.8 Å². The van der Waals surface area contributed by atoms with Gasteiger partial charge in [0.05, 0.1) is 0 Å². The third kappa shape index (κ3) is 2.68. The van der Waals surface area contributed by atoms with E-state index in [4.69, 9.17) is 9.47 Å². The first-order chi connectivity index (χ1) is 9.69. The highest BCUT2D eigenvalue weighted by Crippen LogP contribution is 2.38. The molecule has 0 saturated heterocycles. The van der Waals surface area contributed by atoms with Crippen molar-refractivity contribution in [3.8, 4) is 11.5 Å². The summed E-state index contributed by atoms with van der Waals surface area (Å²) >= 11 is 3.62. The molecular weight excluding hydrogens is 318 g/mol. The Morgan fingerprint density at radius 2 is 2.00 bits per heavy atom. The summed E-state index contributed by atoms with van der Waals surface area (Å²) in [5.41, 5.74) is 1.24. The van der Waals surface area contributed by atoms with E-state index in [-0.39, 0.29) is 0 Å². The summed E-state index contributed by atoms with van der Waals surface area (Å²) in [6.07, 6.45) is 3.95. The van der Waals surface area contributed by atoms with E-state index in [0.717, 1.165) is 34.4 Å². The van der Waals surface area contributed by atoms with Crippen LogP contribution < -0.4 is 14.8 Å². The zero-order valence-corrected chi connectivity index (χ0v) is 13.7. The molecule has 0 bridgehead atoms. The van der Waals surface area contributed by atoms with Crippen molar-refractivity contribution in [3.05, 3.63) is 22.2 Å². The number of nitrogens with one attached hydrogen (secondary N) is 1. The number of ether oxygens (including phenoxy) is 2. The van der Waals surface area contributed by atoms with Crippen LogP contribution in [0.2, 0.25) is 0 Å². The fourth-order valence-electron chi connectivity index (χ4n) is 3.45. The van der Waals surface area contributed by atoms with Gasteiger partial charge in [0.2, 0.25) is 6.79 Å². The van der Waals surface area contributed by atoms with Gasteiger partial charge in [0.1, 0.15) is 0 Å². The van der Waals surface area contributed by atoms with Crippen LogP contribution in [0.4, 0.5) is 0 Å². The van der Waals surface area contributed by atoms with Crippen molar-refractivity contribution in [1.82, 2.24) is 5.32 Å². The Morgan fingerprint density at radius 3 is 2.70 bits per heavy atom. The maximum atomic E-state index is 5.45. The Morgan fingerprint density at radius 1 is 1.25 bits per heavy atom. The molecule has 20 heavy (non-hydrogen) atoms. The highest BCUT2D eigenvalue weighted by molar-refractivity contribution is 9.10. The number of halogens is 1. The molecule has 1 N–H and O–H groups in total. The second-order valence-electron chi connectivity index (χ2n) is 5.89. The molecule has 0 spiro atoms. The molecular formula is C16H22BrNO2. The summed E-state index contributed by atoms with van der Waals surface area (Å²) in [5, 5.41) is 3.72. The number of benzene rings is 1. The molecule has 1 heterocycles. The van der Waals surface area contributed by atoms with Crippen LogP contribution in [-0.4, -0.2) is 12.8 Å². The van der Waals surface area contributed by atoms with Crippen molar-refractivity contribution >= 4 is 15.9 Å². The van der Waals surface area contributed by atoms with Gasteiger partial charge < -0.3 is 14.8 Å². The molecule has 1 aliphatic heterocycles. The third-order valence-electron chi connectivity index (χ3n) is 4.85. The summed E-state index contributed by atoms with van der Waals surface area (Å²) < 4.78 is 11.9. The second-order valence-corrected chi connectivity index (χ2v) is 6.74. The average molecular weight is 340 g/mol. The minimum atomic E-state index is 0.330. The lowest BCUT2D eigenvalue weighted by Gasteiger charge is -2.21. The van der Waals surface area contributed by atoms with E-state index in [0.29, 0.717) is 12.8 Å². The standard InChI is InChI=1S/C16H22BrNO2/c1-3-11-4-5-14(10(11)2)18-8-12-6-15-16(7-13(12)17)20-9-19-15/h6-7,10-11,14,18H,3-5,8-9H2,1-2H3. The van der Waals surface area contributed by atoms with Crippen molar-refractivity contribution in [3.63, 3.8) is 0 Å². The zero-order valence-electron chi connectivity index (χ0n) is 12.1. The van der Waals surface area contributed by atoms with Gasteiger partial charge in [-0.2, -0.15) is 0 Å². The largest absolute Gasteiger partial charge is 0.454 e. The highest BCUT2D eigenvalue weighted by Gasteiger charge is 2.31. The van der Waals surface area contributed by atoms with Gasteiger partial charge in [-0.15, -0.1) is 0 Å². The van der Waals surface area contributed by atoms with Crippen LogP contribution in [0, 0.1) is 11.8 Å². The van der Waals surface area contributed by atoms with Gasteiger partial charge in [-0.1, -0.05) is 36.2 Å². The molecule has 3 unspecified atom stereocenters. The first kappa shape index (κ1) is 14.2. The van der Waals surface area contributed by atoms with Crippen LogP contribution in [-0.2, 0) is 6.54 Å². The minimum Gasteiger partial charge on any atom is -0.454 e. The molecule has 3 nitrogen and oxygen atoms in total. The molecule has 4 heteroatoms. The van der Waals surface area contributed by atoms with Gasteiger partial charge in [-0.25, -0.2) is 0 Å². The predicted molar refractivity (Wildman–Crippen MR) is 83.1 cm³/mol. The lowest BCUT2D eigenvalue weighted by atomic mass is 9.93. The molecule has 0 amide bonds. The van der Waals surface area contributed by atoms with Gasteiger partial charge >= 0.3 is 0 Å². The van der Waals surface area contributed by atoms with Crippen LogP contribution in [0.5, 0.6) is 11.5 Å². The van der Waals surface area contributed by atoms with Gasteiger partial charge in [0.25, 0.3) is 0 Å². The number of hydrogen-bond acceptors (Lipinski definition) is 3. The van der Waals surface area contributed by atoms with E-state index in [1.807, 2.05) is 6.07 Å². The predicted octanol–water partition coefficient (Wildman–Crippen LogP) is 4.09. The van der Waals surface area contributed by atoms with E-state index < -0.39 is 0 Å². The Balaban J connectivity index is 1.64. The van der Waals surface area contributed by atoms with Crippen LogP contribution in [0.3, 0.4) is 0 Å². The van der Waals surface area contributed by atoms with Crippen molar-refractivity contribution in [1.29, 1.82) is 0 Å². The van der Waals surface area contributed by atoms with Gasteiger partial charge in [0.15, 0.2) is 11.5 Å². The fourth-order valence-corrected chi connectivity index (χ4v) is 3.91. The molecule has 0 radical (unpaired) electrons. The molecule has 0 aromatic heterocycles. The van der Waals surface area contributed by atoms with Crippen molar-refractivity contribution in [2.75, 3.05) is 6.79 Å². The first-order valence-electron chi connectivity index (χ1n) is 7.50. The quantitative estimate of drug-likeness (QED) is 0.895. The summed E-state index contributed by atoms with van der Waals surface area (Å²) in [7, 11) is 0. The molecule has 3 atom stereocenters. The van der Waals surface area contributed by atoms with E-state index in [2.05, 4.69) is 41.2 Å². The lowest BCUT2D eigenvalue weighted by Crippen LogP contribution is -2.32. The maximum absolute atomic E-state index is 5.45. The Kier molecular flexibility index (Phi) is 4.22. The Bertz CT molecular complexity index is 492. The third-order valence-corrected chi connectivity index (χ3v) is 5.59. The summed E-state index contributed by atoms with van der Waals surface area (Å²) in [6.45, 7) is 5.89. The number of rotatable bonds is 4. The first-order valence-corrected chi connectivity index (χ1v) is 8.29. The lowest BCUT2D eigenvalue weighted by molar-refractivity contribution is 0.174. The highest BCUT2D eigenvalue weighted by atomic mass is 79.9. The molecule has 1 aromatic carbocycles. The molecule has 1 saturated carbocycles. The number of fused-ring (bicyclic) bond motifs is 1. The molecule has 1 fully saturated rings. The Labute approximate surface area is 129 Å². The van der Waals surface area contributed by atoms with E-state index >= 15 is 0 Å². The van der Waals surface area contributed by atoms with Crippen molar-refractivity contribution < 1.29 is 9.47 Å². The van der Waals surface area contributed by atoms with Gasteiger partial charge in [-0.05, 0) is 42.4 Å². The van der Waals surface area contributed by atoms with Crippen LogP contribution >= 0.6 is 15.9 Å². The smallest absolute Gasteiger partial charge is 0.231 e. The van der Waals surface area contributed by atoms with Gasteiger partial charge in [-0.3, -0.25) is 0 Å². The topological polar surface area (TPSA) is 30.5 Å². The zero-order chi connectivity index (χ0) is 14.1. The molecule has 3 rings (SSSR count). The number of hydrogen-bond donors (Lipinski definition) is 1. The monoisotopic (exact) mass is 339 g/mol. The van der Waals surface area contributed by atoms with Crippen molar-refractivity contribution in [2.45, 2.75) is 45.7 Å². The van der Waals surface area contributed by atoms with Gasteiger partial charge in [0, 0.05) is 17.1 Å². The minimum absolute atomic E-state index is 0.330. The molecule has 110 valence electrons. The van der Waals surface area contributed by atoms with Crippen LogP contribution in [0.1, 0.15) is 38.7 Å². The molecule has 1 aliphatic carbocycles. The Hall–Kier alpha value is -0.740. The van der Waals surface area contributed by atoms with E-state index in [9.17, 15) is 0 Å². The summed E-state index contributed by atoms with van der Waals surface area (Å²) in [4.78, 5) is 0. The second kappa shape index (κ2) is 5.94. The van der Waals surface area contributed by atoms with E-state index in [1.165, 1.54) is 24.8 Å². The SMILES string of the molecule is CCC1CCC(NCc2cc3c(cc2Br)OCO3)C1C. The van der Waals surface area contributed by atoms with Crippen LogP contribution in [0.15, 0.2) is 16.6 Å². The normalized spacial score (nSPS) is 28.1. The van der Waals surface area contributed by atoms with E-state index in [1.54, 1.807) is 0 Å². The summed E-state index contributed by atoms with van der Waals surface area (Å²) in [5.74, 6) is 3.34. The van der Waals surface area contributed by atoms with Crippen LogP contribution in [0.25, 0.3) is 0 Å². The fraction of sp³-hybridized carbons (Fsp3) is 0.625. The summed E-state index contributed by atoms with van der Waals surface area (Å²) in [6, 6.07) is 4.72. The molecule has 1 aromatic rings. The average Bonchev–Trinajstić information content (AvgIpc) is 3.02. The molecule has 2 aliphatic rings.